The number of aliphatic hydroxyl groups is 1. The monoisotopic (exact) mass is 273 g/mol. The molecule has 0 spiro atoms. The first kappa shape index (κ1) is 12.4. The Balaban J connectivity index is 2.06. The number of aliphatic hydroxyl groups excluding tert-OH is 1. The molecular formula is C15H15NO2S. The fourth-order valence-corrected chi connectivity index (χ4v) is 3.01. The first-order valence-corrected chi connectivity index (χ1v) is 7.21. The number of fused-ring (bicyclic) bond motifs is 1. The molecule has 0 bridgehead atoms. The zero-order valence-electron chi connectivity index (χ0n) is 10.4. The van der Waals surface area contributed by atoms with Gasteiger partial charge in [-0.2, -0.15) is 0 Å². The van der Waals surface area contributed by atoms with E-state index < -0.39 is 0 Å². The van der Waals surface area contributed by atoms with Crippen molar-refractivity contribution in [2.75, 3.05) is 12.4 Å². The third kappa shape index (κ3) is 2.55. The highest BCUT2D eigenvalue weighted by atomic mass is 32.2. The zero-order valence-corrected chi connectivity index (χ0v) is 11.2. The van der Waals surface area contributed by atoms with Gasteiger partial charge in [0.2, 0.25) is 0 Å². The lowest BCUT2D eigenvalue weighted by molar-refractivity contribution is 0.280. The summed E-state index contributed by atoms with van der Waals surface area (Å²) in [7, 11) is 0. The van der Waals surface area contributed by atoms with Crippen molar-refractivity contribution in [2.45, 2.75) is 11.5 Å². The molecule has 3 rings (SSSR count). The normalized spacial score (nSPS) is 17.0. The van der Waals surface area contributed by atoms with Crippen LogP contribution in [0.1, 0.15) is 11.1 Å². The number of allylic oxidation sites excluding steroid dienone is 4. The van der Waals surface area contributed by atoms with Crippen LogP contribution < -0.4 is 10.1 Å². The van der Waals surface area contributed by atoms with Crippen LogP contribution >= 0.6 is 11.8 Å². The summed E-state index contributed by atoms with van der Waals surface area (Å²) >= 11 is 1.77. The molecule has 0 amide bonds. The van der Waals surface area contributed by atoms with Gasteiger partial charge < -0.3 is 15.2 Å². The van der Waals surface area contributed by atoms with E-state index >= 15 is 0 Å². The summed E-state index contributed by atoms with van der Waals surface area (Å²) < 4.78 is 5.69. The Hall–Kier alpha value is -1.65. The lowest BCUT2D eigenvalue weighted by Gasteiger charge is -2.20. The largest absolute Gasteiger partial charge is 0.492 e. The topological polar surface area (TPSA) is 41.5 Å². The zero-order chi connectivity index (χ0) is 13.1. The summed E-state index contributed by atoms with van der Waals surface area (Å²) in [6.45, 7) is 0.761. The summed E-state index contributed by atoms with van der Waals surface area (Å²) in [5, 5.41) is 12.8. The van der Waals surface area contributed by atoms with Crippen LogP contribution in [-0.2, 0) is 6.61 Å². The van der Waals surface area contributed by atoms with E-state index in [9.17, 15) is 5.11 Å². The minimum absolute atomic E-state index is 0.0234. The molecule has 98 valence electrons. The van der Waals surface area contributed by atoms with Crippen LogP contribution in [0.5, 0.6) is 5.75 Å². The lowest BCUT2D eigenvalue weighted by Crippen LogP contribution is -2.10. The van der Waals surface area contributed by atoms with Crippen LogP contribution in [0.25, 0.3) is 5.70 Å². The quantitative estimate of drug-likeness (QED) is 0.869. The molecule has 4 heteroatoms. The Kier molecular flexibility index (Phi) is 3.62. The van der Waals surface area contributed by atoms with E-state index in [4.69, 9.17) is 4.74 Å². The maximum absolute atomic E-state index is 9.58. The lowest BCUT2D eigenvalue weighted by atomic mass is 10.0. The molecule has 2 aliphatic heterocycles. The van der Waals surface area contributed by atoms with Crippen molar-refractivity contribution in [1.82, 2.24) is 5.32 Å². The van der Waals surface area contributed by atoms with Crippen LogP contribution in [0.4, 0.5) is 0 Å². The van der Waals surface area contributed by atoms with Gasteiger partial charge in [0.1, 0.15) is 5.75 Å². The molecule has 0 radical (unpaired) electrons. The van der Waals surface area contributed by atoms with Crippen molar-refractivity contribution >= 4 is 17.5 Å². The van der Waals surface area contributed by atoms with E-state index in [1.807, 2.05) is 42.6 Å². The minimum atomic E-state index is 0.0234. The number of hydrogen-bond donors (Lipinski definition) is 2. The second-order valence-electron chi connectivity index (χ2n) is 4.28. The van der Waals surface area contributed by atoms with E-state index in [2.05, 4.69) is 5.32 Å². The summed E-state index contributed by atoms with van der Waals surface area (Å²) in [5.41, 5.74) is 2.87. The highest BCUT2D eigenvalue weighted by Gasteiger charge is 2.16. The van der Waals surface area contributed by atoms with Gasteiger partial charge in [-0.15, -0.1) is 11.8 Å². The van der Waals surface area contributed by atoms with Gasteiger partial charge in [-0.3, -0.25) is 0 Å². The Labute approximate surface area is 116 Å². The predicted octanol–water partition coefficient (Wildman–Crippen LogP) is 2.68. The molecule has 2 N–H and O–H groups in total. The second kappa shape index (κ2) is 5.55. The van der Waals surface area contributed by atoms with Crippen LogP contribution in [0.15, 0.2) is 47.5 Å². The third-order valence-corrected chi connectivity index (χ3v) is 4.05. The molecule has 0 fully saturated rings. The van der Waals surface area contributed by atoms with Gasteiger partial charge in [-0.1, -0.05) is 12.2 Å². The predicted molar refractivity (Wildman–Crippen MR) is 78.0 cm³/mol. The first-order chi connectivity index (χ1) is 9.38. The van der Waals surface area contributed by atoms with Gasteiger partial charge in [-0.25, -0.2) is 0 Å². The average Bonchev–Trinajstić information content (AvgIpc) is 2.74. The maximum atomic E-state index is 9.58. The minimum Gasteiger partial charge on any atom is -0.492 e. The average molecular weight is 273 g/mol. The molecule has 0 aromatic heterocycles. The molecule has 0 aliphatic carbocycles. The van der Waals surface area contributed by atoms with Crippen molar-refractivity contribution < 1.29 is 9.84 Å². The van der Waals surface area contributed by atoms with Gasteiger partial charge in [0.05, 0.1) is 13.2 Å². The molecule has 0 saturated carbocycles. The summed E-state index contributed by atoms with van der Waals surface area (Å²) in [6.07, 6.45) is 9.75. The third-order valence-electron chi connectivity index (χ3n) is 3.05. The van der Waals surface area contributed by atoms with Gasteiger partial charge in [0, 0.05) is 28.1 Å². The molecule has 2 aliphatic rings. The number of hydrogen-bond acceptors (Lipinski definition) is 4. The Morgan fingerprint density at radius 1 is 1.26 bits per heavy atom. The highest BCUT2D eigenvalue weighted by Crippen LogP contribution is 2.37. The first-order valence-electron chi connectivity index (χ1n) is 6.22. The van der Waals surface area contributed by atoms with Crippen molar-refractivity contribution in [3.05, 3.63) is 53.8 Å². The van der Waals surface area contributed by atoms with Gasteiger partial charge >= 0.3 is 0 Å². The Morgan fingerprint density at radius 3 is 3.11 bits per heavy atom. The fourth-order valence-electron chi connectivity index (χ4n) is 2.14. The van der Waals surface area contributed by atoms with E-state index in [1.54, 1.807) is 11.8 Å². The van der Waals surface area contributed by atoms with E-state index in [0.717, 1.165) is 39.8 Å². The number of ether oxygens (including phenoxy) is 1. The maximum Gasteiger partial charge on any atom is 0.133 e. The van der Waals surface area contributed by atoms with E-state index in [0.29, 0.717) is 0 Å². The van der Waals surface area contributed by atoms with Crippen molar-refractivity contribution in [2.24, 2.45) is 0 Å². The fraction of sp³-hybridized carbons (Fsp3) is 0.200. The highest BCUT2D eigenvalue weighted by molar-refractivity contribution is 7.99. The molecule has 19 heavy (non-hydrogen) atoms. The molecule has 0 unspecified atom stereocenters. The number of rotatable bonds is 2. The summed E-state index contributed by atoms with van der Waals surface area (Å²) in [6, 6.07) is 4.04. The number of benzene rings is 1. The van der Waals surface area contributed by atoms with Gasteiger partial charge in [0.15, 0.2) is 0 Å². The van der Waals surface area contributed by atoms with Crippen LogP contribution in [-0.4, -0.2) is 17.5 Å². The molecule has 0 atom stereocenters. The Bertz CT molecular complexity index is 576. The van der Waals surface area contributed by atoms with E-state index in [-0.39, 0.29) is 6.61 Å². The second-order valence-corrected chi connectivity index (χ2v) is 5.42. The molecule has 0 saturated heterocycles. The Morgan fingerprint density at radius 2 is 2.21 bits per heavy atom. The standard InChI is InChI=1S/C15H15NO2S/c17-10-11-8-15-14(18-6-7-19-15)9-12(11)13-4-2-1-3-5-16-13/h1-5,8-9,16-17H,6-7,10H2. The number of nitrogens with one attached hydrogen (secondary N) is 1. The molecule has 3 nitrogen and oxygen atoms in total. The van der Waals surface area contributed by atoms with Crippen molar-refractivity contribution in [3.63, 3.8) is 0 Å². The summed E-state index contributed by atoms with van der Waals surface area (Å²) in [5.74, 6) is 1.87. The molecular weight excluding hydrogens is 258 g/mol. The SMILES string of the molecule is OCc1cc2c(cc1C1=CC=CC=CN1)OCCS2. The summed E-state index contributed by atoms with van der Waals surface area (Å²) in [4.78, 5) is 1.11. The molecule has 1 aromatic rings. The van der Waals surface area contributed by atoms with Crippen LogP contribution in [0.3, 0.4) is 0 Å². The smallest absolute Gasteiger partial charge is 0.133 e. The van der Waals surface area contributed by atoms with Crippen LogP contribution in [0.2, 0.25) is 0 Å². The number of thioether (sulfide) groups is 1. The molecule has 2 heterocycles. The molecule has 1 aromatic carbocycles. The van der Waals surface area contributed by atoms with Crippen molar-refractivity contribution in [3.8, 4) is 5.75 Å². The van der Waals surface area contributed by atoms with E-state index in [1.165, 1.54) is 0 Å². The van der Waals surface area contributed by atoms with Gasteiger partial charge in [-0.05, 0) is 29.8 Å². The van der Waals surface area contributed by atoms with Gasteiger partial charge in [0.25, 0.3) is 0 Å². The van der Waals surface area contributed by atoms with Crippen molar-refractivity contribution in [1.29, 1.82) is 0 Å². The van der Waals surface area contributed by atoms with Crippen LogP contribution in [0, 0.1) is 0 Å².